The van der Waals surface area contributed by atoms with Crippen molar-refractivity contribution in [3.05, 3.63) is 144 Å². The molecule has 54 heavy (non-hydrogen) atoms. The van der Waals surface area contributed by atoms with E-state index in [9.17, 15) is 52.8 Å². The Balaban J connectivity index is 1.65. The van der Waals surface area contributed by atoms with E-state index in [-0.39, 0.29) is 37.1 Å². The highest BCUT2D eigenvalue weighted by Gasteiger charge is 2.50. The Morgan fingerprint density at radius 1 is 0.519 bits per heavy atom. The molecule has 1 aliphatic rings. The third kappa shape index (κ3) is 8.94. The zero-order valence-electron chi connectivity index (χ0n) is 27.6. The van der Waals surface area contributed by atoms with Crippen LogP contribution in [0.25, 0.3) is 0 Å². The zero-order valence-corrected chi connectivity index (χ0v) is 29.3. The van der Waals surface area contributed by atoms with Gasteiger partial charge >= 0.3 is 31.3 Å². The maximum atomic E-state index is 14.6. The van der Waals surface area contributed by atoms with Crippen molar-refractivity contribution < 1.29 is 61.1 Å². The molecule has 0 aliphatic heterocycles. The normalized spacial score (nSPS) is 13.7. The van der Waals surface area contributed by atoms with E-state index < -0.39 is 65.9 Å². The lowest BCUT2D eigenvalue weighted by Gasteiger charge is -2.30. The number of rotatable bonds is 12. The number of hydrogen-bond acceptors (Lipinski definition) is 8. The van der Waals surface area contributed by atoms with Gasteiger partial charge in [0.25, 0.3) is 11.8 Å². The molecule has 18 heteroatoms. The summed E-state index contributed by atoms with van der Waals surface area (Å²) in [4.78, 5) is 31.1. The van der Waals surface area contributed by atoms with Crippen LogP contribution in [-0.4, -0.2) is 39.7 Å². The maximum Gasteiger partial charge on any atom is 0.534 e. The summed E-state index contributed by atoms with van der Waals surface area (Å²) in [6.07, 6.45) is 2.65. The summed E-state index contributed by atoms with van der Waals surface area (Å²) in [6.45, 7) is -0.693. The Morgan fingerprint density at radius 2 is 0.833 bits per heavy atom. The quantitative estimate of drug-likeness (QED) is 0.0623. The number of amides is 2. The zero-order chi connectivity index (χ0) is 39.3. The molecule has 0 heterocycles. The number of alkyl halides is 6. The van der Waals surface area contributed by atoms with E-state index in [0.717, 1.165) is 34.1 Å². The first-order valence-electron chi connectivity index (χ1n) is 15.7. The summed E-state index contributed by atoms with van der Waals surface area (Å²) in [5.41, 5.74) is -11.9. The molecule has 0 bridgehead atoms. The largest absolute Gasteiger partial charge is 0.534 e. The van der Waals surface area contributed by atoms with Gasteiger partial charge in [-0.1, -0.05) is 97.1 Å². The first kappa shape index (κ1) is 39.6. The van der Waals surface area contributed by atoms with Gasteiger partial charge in [-0.15, -0.1) is 0 Å². The van der Waals surface area contributed by atoms with Gasteiger partial charge in [0.15, 0.2) is 11.5 Å². The fourth-order valence-electron chi connectivity index (χ4n) is 5.30. The van der Waals surface area contributed by atoms with Crippen molar-refractivity contribution in [2.24, 2.45) is 0 Å². The Bertz CT molecular complexity index is 2140. The van der Waals surface area contributed by atoms with Crippen molar-refractivity contribution in [3.63, 3.8) is 0 Å². The minimum atomic E-state index is -6.20. The van der Waals surface area contributed by atoms with Crippen LogP contribution in [0.5, 0.6) is 11.5 Å². The number of allylic oxidation sites excluding steroid dienone is 2. The highest BCUT2D eigenvalue weighted by molar-refractivity contribution is 7.88. The van der Waals surface area contributed by atoms with Crippen LogP contribution in [0, 0.1) is 0 Å². The lowest BCUT2D eigenvalue weighted by Crippen LogP contribution is -2.37. The fraction of sp³-hybridized carbons (Fsp3) is 0.167. The molecule has 2 amide bonds. The molecule has 0 spiro atoms. The van der Waals surface area contributed by atoms with Crippen molar-refractivity contribution >= 4 is 43.4 Å². The summed E-state index contributed by atoms with van der Waals surface area (Å²) < 4.78 is 138. The molecule has 0 fully saturated rings. The van der Waals surface area contributed by atoms with Gasteiger partial charge in [-0.3, -0.25) is 9.59 Å². The number of benzene rings is 4. The van der Waals surface area contributed by atoms with Gasteiger partial charge in [-0.05, 0) is 48.2 Å². The molecule has 10 nitrogen and oxygen atoms in total. The van der Waals surface area contributed by atoms with Crippen LogP contribution < -0.4 is 18.2 Å². The molecule has 0 aromatic heterocycles. The van der Waals surface area contributed by atoms with Crippen LogP contribution in [0.1, 0.15) is 24.0 Å². The first-order chi connectivity index (χ1) is 25.4. The molecule has 4 aromatic rings. The average Bonchev–Trinajstić information content (AvgIpc) is 3.13. The maximum absolute atomic E-state index is 14.6. The lowest BCUT2D eigenvalue weighted by molar-refractivity contribution is -0.118. The molecular weight excluding hydrogens is 767 g/mol. The summed E-state index contributed by atoms with van der Waals surface area (Å²) in [5, 5.41) is 0. The lowest BCUT2D eigenvalue weighted by atomic mass is 9.93. The molecule has 4 aromatic carbocycles. The molecular formula is C36H28F6N2O8S2. The van der Waals surface area contributed by atoms with Crippen molar-refractivity contribution in [3.8, 4) is 11.5 Å². The second-order valence-electron chi connectivity index (χ2n) is 11.5. The van der Waals surface area contributed by atoms with Crippen LogP contribution in [-0.2, 0) is 42.9 Å². The molecule has 0 unspecified atom stereocenters. The SMILES string of the molecule is O=C(C1=C(C(=O)N(Cc2ccccc2)c2ccccc2OS(=O)(=O)C(F)(F)F)CC=CC1)N(Cc1ccccc1)c1ccccc1OS(=O)(=O)C(F)(F)F. The highest BCUT2D eigenvalue weighted by Crippen LogP contribution is 2.39. The summed E-state index contributed by atoms with van der Waals surface area (Å²) in [5.74, 6) is -3.59. The van der Waals surface area contributed by atoms with E-state index in [4.69, 9.17) is 0 Å². The number of nitrogens with zero attached hydrogens (tertiary/aromatic N) is 2. The minimum absolute atomic E-state index is 0.203. The monoisotopic (exact) mass is 794 g/mol. The molecule has 0 radical (unpaired) electrons. The van der Waals surface area contributed by atoms with E-state index in [0.29, 0.717) is 11.1 Å². The third-order valence-electron chi connectivity index (χ3n) is 7.83. The van der Waals surface area contributed by atoms with Crippen molar-refractivity contribution in [1.82, 2.24) is 0 Å². The second-order valence-corrected chi connectivity index (χ2v) is 14.6. The van der Waals surface area contributed by atoms with Crippen molar-refractivity contribution in [1.29, 1.82) is 0 Å². The summed E-state index contributed by atoms with van der Waals surface area (Å²) in [7, 11) is -12.4. The standard InChI is InChI=1S/C36H28F6N2O8S2/c37-35(38,39)53(47,48)51-31-21-11-9-19-29(31)43(23-25-13-3-1-4-14-25)33(45)27-17-7-8-18-28(27)34(46)44(24-26-15-5-2-6-16-26)30-20-10-12-22-32(30)52-54(49,50)36(40,41)42/h1-16,19-22H,17-18,23-24H2. The first-order valence-corrected chi connectivity index (χ1v) is 18.5. The van der Waals surface area contributed by atoms with E-state index in [1.807, 2.05) is 0 Å². The van der Waals surface area contributed by atoms with Crippen LogP contribution >= 0.6 is 0 Å². The molecule has 1 aliphatic carbocycles. The van der Waals surface area contributed by atoms with Crippen LogP contribution in [0.4, 0.5) is 37.7 Å². The number of carbonyl (C=O) groups excluding carboxylic acids is 2. The van der Waals surface area contributed by atoms with Gasteiger partial charge in [-0.25, -0.2) is 0 Å². The molecule has 284 valence electrons. The van der Waals surface area contributed by atoms with Crippen LogP contribution in [0.2, 0.25) is 0 Å². The van der Waals surface area contributed by atoms with E-state index in [1.165, 1.54) is 36.4 Å². The number of carbonyl (C=O) groups is 2. The fourth-order valence-corrected chi connectivity index (χ4v) is 6.25. The van der Waals surface area contributed by atoms with Gasteiger partial charge in [0, 0.05) is 11.1 Å². The Labute approximate surface area is 305 Å². The minimum Gasteiger partial charge on any atom is -0.374 e. The van der Waals surface area contributed by atoms with Crippen LogP contribution in [0.15, 0.2) is 132 Å². The predicted octanol–water partition coefficient (Wildman–Crippen LogP) is 7.56. The number of anilines is 2. The van der Waals surface area contributed by atoms with Crippen molar-refractivity contribution in [2.45, 2.75) is 36.9 Å². The Hall–Kier alpha value is -5.62. The Morgan fingerprint density at radius 3 is 1.17 bits per heavy atom. The number of hydrogen-bond donors (Lipinski definition) is 0. The Kier molecular flexibility index (Phi) is 11.6. The molecule has 0 atom stereocenters. The van der Waals surface area contributed by atoms with E-state index in [1.54, 1.807) is 60.7 Å². The molecule has 0 saturated carbocycles. The van der Waals surface area contributed by atoms with Gasteiger partial charge in [0.1, 0.15) is 0 Å². The molecule has 0 N–H and O–H groups in total. The molecule has 5 rings (SSSR count). The summed E-state index contributed by atoms with van der Waals surface area (Å²) in [6, 6.07) is 25.3. The van der Waals surface area contributed by atoms with Crippen LogP contribution in [0.3, 0.4) is 0 Å². The van der Waals surface area contributed by atoms with Gasteiger partial charge in [0.05, 0.1) is 24.5 Å². The van der Waals surface area contributed by atoms with E-state index >= 15 is 0 Å². The second kappa shape index (κ2) is 15.8. The summed E-state index contributed by atoms with van der Waals surface area (Å²) >= 11 is 0. The topological polar surface area (TPSA) is 127 Å². The highest BCUT2D eigenvalue weighted by atomic mass is 32.2. The molecule has 0 saturated heterocycles. The van der Waals surface area contributed by atoms with Gasteiger partial charge < -0.3 is 18.2 Å². The van der Waals surface area contributed by atoms with Gasteiger partial charge in [-0.2, -0.15) is 43.2 Å². The average molecular weight is 795 g/mol. The third-order valence-corrected chi connectivity index (χ3v) is 9.76. The van der Waals surface area contributed by atoms with E-state index in [2.05, 4.69) is 8.37 Å². The van der Waals surface area contributed by atoms with Crippen molar-refractivity contribution in [2.75, 3.05) is 9.80 Å². The smallest absolute Gasteiger partial charge is 0.374 e. The number of halogens is 6. The van der Waals surface area contributed by atoms with Gasteiger partial charge in [0.2, 0.25) is 0 Å². The number of para-hydroxylation sites is 4. The predicted molar refractivity (Wildman–Crippen MR) is 185 cm³/mol.